The van der Waals surface area contributed by atoms with Gasteiger partial charge in [-0.05, 0) is 73.2 Å². The standard InChI is InChI=1S/C22H23FN4O/c1-27(19-9-13-2-3-15(8-13)22(19)23)21-5-4-18(25-26-21)17-10-14-6-7-24-12-16(14)11-20(17)28/h4-7,10-13,15,19,22,28H,2-3,8-9H2,1H3/t13-,15+,19+,22-/m0/s1. The summed E-state index contributed by atoms with van der Waals surface area (Å²) >= 11 is 0. The lowest BCUT2D eigenvalue weighted by Gasteiger charge is -2.38. The lowest BCUT2D eigenvalue weighted by molar-refractivity contribution is 0.144. The minimum Gasteiger partial charge on any atom is -0.507 e. The van der Waals surface area contributed by atoms with Crippen LogP contribution in [0, 0.1) is 11.8 Å². The third kappa shape index (κ3) is 2.87. The van der Waals surface area contributed by atoms with E-state index < -0.39 is 6.17 Å². The van der Waals surface area contributed by atoms with Crippen molar-refractivity contribution in [3.05, 3.63) is 42.7 Å². The van der Waals surface area contributed by atoms with Crippen LogP contribution in [0.4, 0.5) is 10.2 Å². The molecule has 0 unspecified atom stereocenters. The van der Waals surface area contributed by atoms with Crippen LogP contribution in [-0.2, 0) is 0 Å². The Morgan fingerprint density at radius 2 is 1.96 bits per heavy atom. The SMILES string of the molecule is CN(c1ccc(-c2cc3ccncc3cc2O)nn1)[C@@H]1C[C@H]2CC[C@H](C2)[C@@H]1F. The molecule has 2 fully saturated rings. The fourth-order valence-corrected chi connectivity index (χ4v) is 4.93. The Kier molecular flexibility index (Phi) is 4.14. The van der Waals surface area contributed by atoms with Crippen molar-refractivity contribution in [2.75, 3.05) is 11.9 Å². The van der Waals surface area contributed by atoms with E-state index in [-0.39, 0.29) is 17.7 Å². The van der Waals surface area contributed by atoms with E-state index in [2.05, 4.69) is 15.2 Å². The van der Waals surface area contributed by atoms with Gasteiger partial charge in [0.05, 0.1) is 11.7 Å². The molecule has 28 heavy (non-hydrogen) atoms. The van der Waals surface area contributed by atoms with Gasteiger partial charge in [-0.1, -0.05) is 0 Å². The van der Waals surface area contributed by atoms with E-state index in [1.807, 2.05) is 36.2 Å². The first-order chi connectivity index (χ1) is 13.6. The van der Waals surface area contributed by atoms with Gasteiger partial charge in [0.2, 0.25) is 0 Å². The molecule has 0 spiro atoms. The Balaban J connectivity index is 1.42. The van der Waals surface area contributed by atoms with E-state index in [0.29, 0.717) is 23.0 Å². The number of aromatic hydroxyl groups is 1. The number of hydrogen-bond acceptors (Lipinski definition) is 5. The Labute approximate surface area is 163 Å². The van der Waals surface area contributed by atoms with Gasteiger partial charge in [-0.15, -0.1) is 10.2 Å². The summed E-state index contributed by atoms with van der Waals surface area (Å²) in [5.74, 6) is 1.65. The number of benzene rings is 1. The van der Waals surface area contributed by atoms with E-state index in [9.17, 15) is 9.50 Å². The summed E-state index contributed by atoms with van der Waals surface area (Å²) in [5, 5.41) is 20.9. The largest absolute Gasteiger partial charge is 0.507 e. The number of halogens is 1. The van der Waals surface area contributed by atoms with E-state index in [0.717, 1.165) is 36.5 Å². The number of fused-ring (bicyclic) bond motifs is 3. The van der Waals surface area contributed by atoms with Crippen molar-refractivity contribution in [3.8, 4) is 17.0 Å². The topological polar surface area (TPSA) is 62.1 Å². The van der Waals surface area contributed by atoms with Crippen molar-refractivity contribution in [3.63, 3.8) is 0 Å². The lowest BCUT2D eigenvalue weighted by Crippen LogP contribution is -2.46. The number of nitrogens with zero attached hydrogens (tertiary/aromatic N) is 4. The number of phenols is 1. The van der Waals surface area contributed by atoms with Gasteiger partial charge in [0.15, 0.2) is 5.82 Å². The van der Waals surface area contributed by atoms with Crippen LogP contribution in [-0.4, -0.2) is 39.5 Å². The summed E-state index contributed by atoms with van der Waals surface area (Å²) in [4.78, 5) is 6.02. The van der Waals surface area contributed by atoms with Crippen LogP contribution in [0.3, 0.4) is 0 Å². The molecule has 0 saturated heterocycles. The Morgan fingerprint density at radius 1 is 1.07 bits per heavy atom. The summed E-state index contributed by atoms with van der Waals surface area (Å²) in [5.41, 5.74) is 1.22. The number of pyridine rings is 1. The van der Waals surface area contributed by atoms with Gasteiger partial charge >= 0.3 is 0 Å². The summed E-state index contributed by atoms with van der Waals surface area (Å²) < 4.78 is 14.9. The molecule has 1 aromatic carbocycles. The van der Waals surface area contributed by atoms with Crippen LogP contribution in [0.1, 0.15) is 25.7 Å². The van der Waals surface area contributed by atoms with Crippen molar-refractivity contribution in [1.82, 2.24) is 15.2 Å². The first-order valence-corrected chi connectivity index (χ1v) is 9.88. The average Bonchev–Trinajstić information content (AvgIpc) is 3.13. The zero-order valence-corrected chi connectivity index (χ0v) is 15.8. The van der Waals surface area contributed by atoms with Crippen LogP contribution >= 0.6 is 0 Å². The van der Waals surface area contributed by atoms with Crippen molar-refractivity contribution in [1.29, 1.82) is 0 Å². The molecule has 1 N–H and O–H groups in total. The minimum absolute atomic E-state index is 0.132. The van der Waals surface area contributed by atoms with Crippen molar-refractivity contribution in [2.24, 2.45) is 11.8 Å². The highest BCUT2D eigenvalue weighted by Crippen LogP contribution is 2.45. The van der Waals surface area contributed by atoms with Crippen LogP contribution in [0.25, 0.3) is 22.0 Å². The number of hydrogen-bond donors (Lipinski definition) is 1. The molecule has 0 aliphatic heterocycles. The van der Waals surface area contributed by atoms with Gasteiger partial charge in [-0.3, -0.25) is 4.98 Å². The second-order valence-corrected chi connectivity index (χ2v) is 8.17. The minimum atomic E-state index is -0.802. The van der Waals surface area contributed by atoms with Gasteiger partial charge in [0.25, 0.3) is 0 Å². The first kappa shape index (κ1) is 17.3. The average molecular weight is 378 g/mol. The zero-order chi connectivity index (χ0) is 19.3. The third-order valence-corrected chi connectivity index (χ3v) is 6.51. The summed E-state index contributed by atoms with van der Waals surface area (Å²) in [6.07, 6.45) is 6.71. The highest BCUT2D eigenvalue weighted by molar-refractivity contribution is 5.89. The van der Waals surface area contributed by atoms with Crippen LogP contribution in [0.2, 0.25) is 0 Å². The fourth-order valence-electron chi connectivity index (χ4n) is 4.93. The number of alkyl halides is 1. The molecule has 0 radical (unpaired) electrons. The third-order valence-electron chi connectivity index (χ3n) is 6.51. The number of phenolic OH excluding ortho intramolecular Hbond substituents is 1. The maximum atomic E-state index is 14.9. The molecule has 144 valence electrons. The molecule has 2 heterocycles. The van der Waals surface area contributed by atoms with Gasteiger partial charge in [0.1, 0.15) is 11.9 Å². The highest BCUT2D eigenvalue weighted by Gasteiger charge is 2.44. The number of anilines is 1. The van der Waals surface area contributed by atoms with Crippen molar-refractivity contribution in [2.45, 2.75) is 37.9 Å². The smallest absolute Gasteiger partial charge is 0.151 e. The van der Waals surface area contributed by atoms with Gasteiger partial charge in [-0.2, -0.15) is 0 Å². The molecule has 2 aromatic heterocycles. The molecule has 3 aromatic rings. The van der Waals surface area contributed by atoms with Crippen LogP contribution < -0.4 is 4.90 Å². The molecule has 2 aliphatic rings. The summed E-state index contributed by atoms with van der Waals surface area (Å²) in [6, 6.07) is 9.04. The lowest BCUT2D eigenvalue weighted by atomic mass is 9.83. The Bertz CT molecular complexity index is 1010. The fraction of sp³-hybridized carbons (Fsp3) is 0.409. The predicted molar refractivity (Wildman–Crippen MR) is 107 cm³/mol. The first-order valence-electron chi connectivity index (χ1n) is 9.88. The van der Waals surface area contributed by atoms with Gasteiger partial charge < -0.3 is 10.0 Å². The normalized spacial score (nSPS) is 26.5. The molecule has 5 rings (SSSR count). The molecule has 2 bridgehead atoms. The maximum Gasteiger partial charge on any atom is 0.151 e. The summed E-state index contributed by atoms with van der Waals surface area (Å²) in [6.45, 7) is 0. The Hall–Kier alpha value is -2.76. The number of aromatic nitrogens is 3. The van der Waals surface area contributed by atoms with Gasteiger partial charge in [0, 0.05) is 30.4 Å². The van der Waals surface area contributed by atoms with E-state index >= 15 is 0 Å². The maximum absolute atomic E-state index is 14.9. The van der Waals surface area contributed by atoms with Gasteiger partial charge in [-0.25, -0.2) is 4.39 Å². The molecule has 4 atom stereocenters. The zero-order valence-electron chi connectivity index (χ0n) is 15.8. The van der Waals surface area contributed by atoms with E-state index in [4.69, 9.17) is 0 Å². The second kappa shape index (κ2) is 6.69. The van der Waals surface area contributed by atoms with Crippen LogP contribution in [0.15, 0.2) is 42.7 Å². The molecular formula is C22H23FN4O. The quantitative estimate of drug-likeness (QED) is 0.734. The summed E-state index contributed by atoms with van der Waals surface area (Å²) in [7, 11) is 1.91. The molecule has 0 amide bonds. The van der Waals surface area contributed by atoms with Crippen LogP contribution in [0.5, 0.6) is 5.75 Å². The molecule has 2 aliphatic carbocycles. The van der Waals surface area contributed by atoms with E-state index in [1.165, 1.54) is 0 Å². The Morgan fingerprint density at radius 3 is 2.79 bits per heavy atom. The molecule has 5 nitrogen and oxygen atoms in total. The molecule has 6 heteroatoms. The molecular weight excluding hydrogens is 355 g/mol. The monoisotopic (exact) mass is 378 g/mol. The highest BCUT2D eigenvalue weighted by atomic mass is 19.1. The van der Waals surface area contributed by atoms with E-state index in [1.54, 1.807) is 18.5 Å². The molecule has 2 saturated carbocycles. The van der Waals surface area contributed by atoms with Crippen molar-refractivity contribution >= 4 is 16.6 Å². The number of rotatable bonds is 3. The van der Waals surface area contributed by atoms with Crippen molar-refractivity contribution < 1.29 is 9.50 Å². The second-order valence-electron chi connectivity index (χ2n) is 8.17. The predicted octanol–water partition coefficient (Wildman–Crippen LogP) is 4.36.